The van der Waals surface area contributed by atoms with Crippen LogP contribution in [0.1, 0.15) is 32.1 Å². The summed E-state index contributed by atoms with van der Waals surface area (Å²) in [7, 11) is 1.66. The van der Waals surface area contributed by atoms with Gasteiger partial charge in [-0.3, -0.25) is 4.79 Å². The van der Waals surface area contributed by atoms with E-state index < -0.39 is 0 Å². The summed E-state index contributed by atoms with van der Waals surface area (Å²) < 4.78 is 5.38. The largest absolute Gasteiger partial charge is 0.497 e. The van der Waals surface area contributed by atoms with E-state index in [0.717, 1.165) is 39.2 Å². The maximum Gasteiger partial charge on any atom is 0.230 e. The molecule has 0 fully saturated rings. The maximum atomic E-state index is 12.4. The number of benzene rings is 2. The monoisotopic (exact) mass is 432 g/mol. The SMILES string of the molecule is COc1ccc2c(-c3ccccc3)cc(SCC(=O)NCCC3=CCCCC3)nc2c1. The van der Waals surface area contributed by atoms with Gasteiger partial charge in [-0.1, -0.05) is 53.7 Å². The molecule has 0 atom stereocenters. The third-order valence-corrected chi connectivity index (χ3v) is 6.49. The van der Waals surface area contributed by atoms with Gasteiger partial charge < -0.3 is 10.1 Å². The molecule has 0 saturated heterocycles. The molecule has 4 rings (SSSR count). The number of aromatic nitrogens is 1. The second-order valence-corrected chi connectivity index (χ2v) is 8.75. The van der Waals surface area contributed by atoms with E-state index in [-0.39, 0.29) is 5.91 Å². The Kier molecular flexibility index (Phi) is 7.26. The van der Waals surface area contributed by atoms with Crippen LogP contribution in [-0.2, 0) is 4.79 Å². The summed E-state index contributed by atoms with van der Waals surface area (Å²) in [5.74, 6) is 1.18. The lowest BCUT2D eigenvalue weighted by Crippen LogP contribution is -2.26. The topological polar surface area (TPSA) is 51.2 Å². The quantitative estimate of drug-likeness (QED) is 0.350. The standard InChI is InChI=1S/C26H28N2O2S/c1-30-21-12-13-22-23(20-10-6-3-7-11-20)17-26(28-24(22)16-21)31-18-25(29)27-15-14-19-8-4-2-5-9-19/h3,6-8,10-13,16-17H,2,4-5,9,14-15,18H2,1H3,(H,27,29). The van der Waals surface area contributed by atoms with E-state index in [9.17, 15) is 4.79 Å². The number of rotatable bonds is 8. The number of nitrogens with one attached hydrogen (secondary N) is 1. The van der Waals surface area contributed by atoms with E-state index >= 15 is 0 Å². The van der Waals surface area contributed by atoms with Crippen molar-refractivity contribution in [2.75, 3.05) is 19.4 Å². The van der Waals surface area contributed by atoms with E-state index in [1.807, 2.05) is 36.4 Å². The number of carbonyl (C=O) groups is 1. The van der Waals surface area contributed by atoms with E-state index in [1.54, 1.807) is 7.11 Å². The molecule has 0 unspecified atom stereocenters. The summed E-state index contributed by atoms with van der Waals surface area (Å²) in [6.07, 6.45) is 8.23. The Hall–Kier alpha value is -2.79. The molecule has 0 radical (unpaired) electrons. The highest BCUT2D eigenvalue weighted by atomic mass is 32.2. The number of carbonyl (C=O) groups excluding carboxylic acids is 1. The van der Waals surface area contributed by atoms with Crippen molar-refractivity contribution in [2.45, 2.75) is 37.1 Å². The molecule has 1 aromatic heterocycles. The molecule has 5 heteroatoms. The normalized spacial score (nSPS) is 13.6. The van der Waals surface area contributed by atoms with Crippen molar-refractivity contribution in [3.8, 4) is 16.9 Å². The number of pyridine rings is 1. The molecule has 0 saturated carbocycles. The first kappa shape index (κ1) is 21.4. The Morgan fingerprint density at radius 2 is 2.00 bits per heavy atom. The molecule has 1 heterocycles. The van der Waals surface area contributed by atoms with Crippen molar-refractivity contribution in [2.24, 2.45) is 0 Å². The maximum absolute atomic E-state index is 12.4. The van der Waals surface area contributed by atoms with Gasteiger partial charge in [-0.05, 0) is 61.4 Å². The number of allylic oxidation sites excluding steroid dienone is 1. The van der Waals surface area contributed by atoms with Crippen LogP contribution in [0.15, 0.2) is 71.3 Å². The summed E-state index contributed by atoms with van der Waals surface area (Å²) in [6.45, 7) is 0.711. The Balaban J connectivity index is 1.46. The average Bonchev–Trinajstić information content (AvgIpc) is 2.83. The summed E-state index contributed by atoms with van der Waals surface area (Å²) in [5, 5.41) is 4.96. The fourth-order valence-corrected chi connectivity index (χ4v) is 4.67. The Morgan fingerprint density at radius 1 is 1.13 bits per heavy atom. The Labute approximate surface area is 188 Å². The van der Waals surface area contributed by atoms with Gasteiger partial charge in [-0.2, -0.15) is 0 Å². The molecule has 0 aliphatic heterocycles. The van der Waals surface area contributed by atoms with E-state index in [0.29, 0.717) is 12.3 Å². The third kappa shape index (κ3) is 5.67. The smallest absolute Gasteiger partial charge is 0.230 e. The van der Waals surface area contributed by atoms with Crippen LogP contribution in [0, 0.1) is 0 Å². The molecule has 4 nitrogen and oxygen atoms in total. The molecule has 160 valence electrons. The lowest BCUT2D eigenvalue weighted by molar-refractivity contribution is -0.118. The molecular formula is C26H28N2O2S. The number of ether oxygens (including phenoxy) is 1. The zero-order valence-corrected chi connectivity index (χ0v) is 18.7. The van der Waals surface area contributed by atoms with Gasteiger partial charge in [0.25, 0.3) is 0 Å². The summed E-state index contributed by atoms with van der Waals surface area (Å²) in [6, 6.07) is 18.3. The molecule has 3 aromatic rings. The van der Waals surface area contributed by atoms with Gasteiger partial charge in [0.2, 0.25) is 5.91 Å². The van der Waals surface area contributed by atoms with Crippen LogP contribution in [0.3, 0.4) is 0 Å². The van der Waals surface area contributed by atoms with Gasteiger partial charge in [0.15, 0.2) is 0 Å². The fraction of sp³-hybridized carbons (Fsp3) is 0.308. The highest BCUT2D eigenvalue weighted by Crippen LogP contribution is 2.33. The minimum atomic E-state index is 0.0511. The number of methoxy groups -OCH3 is 1. The molecule has 0 spiro atoms. The highest BCUT2D eigenvalue weighted by Gasteiger charge is 2.11. The highest BCUT2D eigenvalue weighted by molar-refractivity contribution is 7.99. The summed E-state index contributed by atoms with van der Waals surface area (Å²) in [4.78, 5) is 17.2. The van der Waals surface area contributed by atoms with Gasteiger partial charge in [-0.15, -0.1) is 0 Å². The lowest BCUT2D eigenvalue weighted by atomic mass is 9.97. The zero-order chi connectivity index (χ0) is 21.5. The van der Waals surface area contributed by atoms with Crippen LogP contribution in [0.25, 0.3) is 22.0 Å². The summed E-state index contributed by atoms with van der Waals surface area (Å²) >= 11 is 1.47. The number of nitrogens with zero attached hydrogens (tertiary/aromatic N) is 1. The van der Waals surface area contributed by atoms with Crippen LogP contribution in [0.2, 0.25) is 0 Å². The van der Waals surface area contributed by atoms with E-state index in [1.165, 1.54) is 43.0 Å². The van der Waals surface area contributed by atoms with Crippen molar-refractivity contribution in [3.05, 3.63) is 66.2 Å². The Morgan fingerprint density at radius 3 is 2.77 bits per heavy atom. The number of fused-ring (bicyclic) bond motifs is 1. The molecule has 1 N–H and O–H groups in total. The van der Waals surface area contributed by atoms with Gasteiger partial charge in [0, 0.05) is 18.0 Å². The zero-order valence-electron chi connectivity index (χ0n) is 17.9. The molecule has 0 bridgehead atoms. The number of hydrogen-bond acceptors (Lipinski definition) is 4. The second kappa shape index (κ2) is 10.5. The van der Waals surface area contributed by atoms with Gasteiger partial charge in [0.1, 0.15) is 5.75 Å². The van der Waals surface area contributed by atoms with Crippen LogP contribution in [0.4, 0.5) is 0 Å². The third-order valence-electron chi connectivity index (χ3n) is 5.58. The minimum Gasteiger partial charge on any atom is -0.497 e. The second-order valence-electron chi connectivity index (χ2n) is 7.75. The number of hydrogen-bond donors (Lipinski definition) is 1. The molecule has 31 heavy (non-hydrogen) atoms. The van der Waals surface area contributed by atoms with Crippen LogP contribution in [0.5, 0.6) is 5.75 Å². The predicted molar refractivity (Wildman–Crippen MR) is 129 cm³/mol. The number of thioether (sulfide) groups is 1. The minimum absolute atomic E-state index is 0.0511. The van der Waals surface area contributed by atoms with Crippen molar-refractivity contribution < 1.29 is 9.53 Å². The Bertz CT molecular complexity index is 1080. The average molecular weight is 433 g/mol. The van der Waals surface area contributed by atoms with Crippen LogP contribution in [-0.4, -0.2) is 30.3 Å². The summed E-state index contributed by atoms with van der Waals surface area (Å²) in [5.41, 5.74) is 4.59. The van der Waals surface area contributed by atoms with Crippen molar-refractivity contribution in [1.29, 1.82) is 0 Å². The van der Waals surface area contributed by atoms with Crippen molar-refractivity contribution in [3.63, 3.8) is 0 Å². The lowest BCUT2D eigenvalue weighted by Gasteiger charge is -2.13. The van der Waals surface area contributed by atoms with Gasteiger partial charge >= 0.3 is 0 Å². The van der Waals surface area contributed by atoms with Gasteiger partial charge in [0.05, 0.1) is 23.4 Å². The first-order valence-corrected chi connectivity index (χ1v) is 11.8. The van der Waals surface area contributed by atoms with Crippen molar-refractivity contribution in [1.82, 2.24) is 10.3 Å². The van der Waals surface area contributed by atoms with Gasteiger partial charge in [-0.25, -0.2) is 4.98 Å². The van der Waals surface area contributed by atoms with E-state index in [2.05, 4.69) is 29.6 Å². The van der Waals surface area contributed by atoms with Crippen LogP contribution < -0.4 is 10.1 Å². The molecule has 1 aliphatic rings. The molecule has 1 amide bonds. The molecule has 1 aliphatic carbocycles. The molecular weight excluding hydrogens is 404 g/mol. The molecule has 2 aromatic carbocycles. The first-order chi connectivity index (χ1) is 15.2. The number of amides is 1. The van der Waals surface area contributed by atoms with Crippen molar-refractivity contribution >= 4 is 28.6 Å². The van der Waals surface area contributed by atoms with E-state index in [4.69, 9.17) is 9.72 Å². The predicted octanol–water partition coefficient (Wildman–Crippen LogP) is 6.01. The first-order valence-electron chi connectivity index (χ1n) is 10.8. The van der Waals surface area contributed by atoms with Crippen LogP contribution >= 0.6 is 11.8 Å². The fourth-order valence-electron chi connectivity index (χ4n) is 3.93.